The van der Waals surface area contributed by atoms with Gasteiger partial charge in [0.25, 0.3) is 0 Å². The van der Waals surface area contributed by atoms with Crippen LogP contribution >= 0.6 is 0 Å². The molecule has 0 radical (unpaired) electrons. The predicted molar refractivity (Wildman–Crippen MR) is 94.3 cm³/mol. The van der Waals surface area contributed by atoms with Crippen molar-refractivity contribution in [3.8, 4) is 5.75 Å². The summed E-state index contributed by atoms with van der Waals surface area (Å²) in [6.45, 7) is 2.30. The summed E-state index contributed by atoms with van der Waals surface area (Å²) in [6.07, 6.45) is 0. The molecule has 0 bridgehead atoms. The summed E-state index contributed by atoms with van der Waals surface area (Å²) in [5, 5.41) is 5.00. The number of sulfonamides is 2. The van der Waals surface area contributed by atoms with E-state index >= 15 is 0 Å². The molecule has 25 heavy (non-hydrogen) atoms. The lowest BCUT2D eigenvalue weighted by molar-refractivity contribution is 0.287. The summed E-state index contributed by atoms with van der Waals surface area (Å²) < 4.78 is 54.1. The van der Waals surface area contributed by atoms with Crippen LogP contribution in [0.5, 0.6) is 5.75 Å². The molecule has 9 heteroatoms. The third-order valence-corrected chi connectivity index (χ3v) is 6.36. The Balaban J connectivity index is 2.02. The van der Waals surface area contributed by atoms with Crippen LogP contribution in [0.3, 0.4) is 0 Å². The minimum atomic E-state index is -3.86. The quantitative estimate of drug-likeness (QED) is 0.775. The van der Waals surface area contributed by atoms with E-state index in [1.807, 2.05) is 31.2 Å². The Morgan fingerprint density at radius 3 is 1.96 bits per heavy atom. The third kappa shape index (κ3) is 5.02. The van der Waals surface area contributed by atoms with Gasteiger partial charge in [-0.3, -0.25) is 0 Å². The van der Waals surface area contributed by atoms with E-state index in [1.165, 1.54) is 31.3 Å². The number of hydrogen-bond donors (Lipinski definition) is 1. The van der Waals surface area contributed by atoms with Crippen LogP contribution in [-0.4, -0.2) is 41.3 Å². The first kappa shape index (κ1) is 19.4. The van der Waals surface area contributed by atoms with E-state index in [4.69, 9.17) is 9.88 Å². The molecular weight excluding hydrogens is 364 g/mol. The molecule has 136 valence electrons. The zero-order valence-corrected chi connectivity index (χ0v) is 15.5. The van der Waals surface area contributed by atoms with Crippen molar-refractivity contribution in [2.24, 2.45) is 5.14 Å². The van der Waals surface area contributed by atoms with Crippen LogP contribution in [0.25, 0.3) is 0 Å². The van der Waals surface area contributed by atoms with Gasteiger partial charge < -0.3 is 4.74 Å². The third-order valence-electron chi connectivity index (χ3n) is 3.56. The van der Waals surface area contributed by atoms with Gasteiger partial charge in [0.15, 0.2) is 0 Å². The van der Waals surface area contributed by atoms with Crippen molar-refractivity contribution in [3.63, 3.8) is 0 Å². The number of nitrogens with zero attached hydrogens (tertiary/aromatic N) is 1. The Morgan fingerprint density at radius 2 is 1.44 bits per heavy atom. The zero-order valence-electron chi connectivity index (χ0n) is 13.9. The first-order valence-corrected chi connectivity index (χ1v) is 10.4. The lowest BCUT2D eigenvalue weighted by Gasteiger charge is -2.17. The topological polar surface area (TPSA) is 107 Å². The molecule has 0 aliphatic carbocycles. The van der Waals surface area contributed by atoms with Crippen molar-refractivity contribution in [3.05, 3.63) is 54.1 Å². The van der Waals surface area contributed by atoms with Gasteiger partial charge in [-0.1, -0.05) is 17.7 Å². The molecule has 0 aromatic heterocycles. The minimum Gasteiger partial charge on any atom is -0.492 e. The van der Waals surface area contributed by atoms with Crippen LogP contribution in [0.15, 0.2) is 58.3 Å². The Labute approximate surface area is 148 Å². The molecule has 2 aromatic carbocycles. The average molecular weight is 384 g/mol. The van der Waals surface area contributed by atoms with Gasteiger partial charge in [-0.05, 0) is 43.3 Å². The number of hydrogen-bond acceptors (Lipinski definition) is 5. The molecule has 0 atom stereocenters. The maximum Gasteiger partial charge on any atom is 0.242 e. The van der Waals surface area contributed by atoms with Gasteiger partial charge in [-0.2, -0.15) is 4.31 Å². The summed E-state index contributed by atoms with van der Waals surface area (Å²) in [4.78, 5) is -0.158. The van der Waals surface area contributed by atoms with Crippen molar-refractivity contribution < 1.29 is 21.6 Å². The fraction of sp³-hybridized carbons (Fsp3) is 0.250. The molecule has 0 aliphatic rings. The fourth-order valence-corrected chi connectivity index (χ4v) is 3.70. The molecule has 0 fully saturated rings. The number of ether oxygens (including phenoxy) is 1. The lowest BCUT2D eigenvalue weighted by Crippen LogP contribution is -2.31. The second-order valence-corrected chi connectivity index (χ2v) is 9.11. The number of primary sulfonamides is 1. The largest absolute Gasteiger partial charge is 0.492 e. The Kier molecular flexibility index (Phi) is 5.83. The van der Waals surface area contributed by atoms with Gasteiger partial charge in [-0.25, -0.2) is 22.0 Å². The minimum absolute atomic E-state index is 0.0160. The Bertz CT molecular complexity index is 921. The SMILES string of the molecule is Cc1ccc(OCCN(C)S(=O)(=O)c2ccc(S(N)(=O)=O)cc2)cc1. The highest BCUT2D eigenvalue weighted by Crippen LogP contribution is 2.17. The van der Waals surface area contributed by atoms with E-state index in [0.29, 0.717) is 5.75 Å². The van der Waals surface area contributed by atoms with E-state index in [-0.39, 0.29) is 22.9 Å². The Morgan fingerprint density at radius 1 is 0.920 bits per heavy atom. The average Bonchev–Trinajstić information content (AvgIpc) is 2.56. The molecule has 0 aliphatic heterocycles. The molecule has 0 spiro atoms. The maximum absolute atomic E-state index is 12.5. The Hall–Kier alpha value is -1.94. The number of benzene rings is 2. The van der Waals surface area contributed by atoms with Gasteiger partial charge in [0.05, 0.1) is 9.79 Å². The molecule has 7 nitrogen and oxygen atoms in total. The van der Waals surface area contributed by atoms with E-state index in [9.17, 15) is 16.8 Å². The van der Waals surface area contributed by atoms with E-state index < -0.39 is 20.0 Å². The van der Waals surface area contributed by atoms with Crippen LogP contribution in [0.2, 0.25) is 0 Å². The van der Waals surface area contributed by atoms with Crippen molar-refractivity contribution in [1.82, 2.24) is 4.31 Å². The monoisotopic (exact) mass is 384 g/mol. The molecule has 0 unspecified atom stereocenters. The second kappa shape index (κ2) is 7.52. The number of aryl methyl sites for hydroxylation is 1. The van der Waals surface area contributed by atoms with Crippen LogP contribution in [0, 0.1) is 6.92 Å². The number of likely N-dealkylation sites (N-methyl/N-ethyl adjacent to an activating group) is 1. The summed E-state index contributed by atoms with van der Waals surface area (Å²) >= 11 is 0. The smallest absolute Gasteiger partial charge is 0.242 e. The van der Waals surface area contributed by atoms with Gasteiger partial charge in [0.1, 0.15) is 12.4 Å². The molecule has 0 saturated heterocycles. The van der Waals surface area contributed by atoms with Gasteiger partial charge in [0.2, 0.25) is 20.0 Å². The van der Waals surface area contributed by atoms with E-state index in [2.05, 4.69) is 0 Å². The molecule has 2 rings (SSSR count). The summed E-state index contributed by atoms with van der Waals surface area (Å²) in [5.41, 5.74) is 1.11. The van der Waals surface area contributed by atoms with Crippen molar-refractivity contribution in [2.75, 3.05) is 20.2 Å². The van der Waals surface area contributed by atoms with Crippen LogP contribution < -0.4 is 9.88 Å². The zero-order chi connectivity index (χ0) is 18.7. The first-order valence-electron chi connectivity index (χ1n) is 7.39. The van der Waals surface area contributed by atoms with Gasteiger partial charge in [-0.15, -0.1) is 0 Å². The van der Waals surface area contributed by atoms with Gasteiger partial charge >= 0.3 is 0 Å². The number of nitrogens with two attached hydrogens (primary N) is 1. The van der Waals surface area contributed by atoms with E-state index in [1.54, 1.807) is 0 Å². The first-order chi connectivity index (χ1) is 11.6. The molecule has 0 saturated carbocycles. The standard InChI is InChI=1S/C16H20N2O5S2/c1-13-3-5-14(6-4-13)23-12-11-18(2)25(21,22)16-9-7-15(8-10-16)24(17,19)20/h3-10H,11-12H2,1-2H3,(H2,17,19,20). The van der Waals surface area contributed by atoms with Crippen molar-refractivity contribution in [2.45, 2.75) is 16.7 Å². The lowest BCUT2D eigenvalue weighted by atomic mass is 10.2. The molecule has 0 heterocycles. The van der Waals surface area contributed by atoms with E-state index in [0.717, 1.165) is 9.87 Å². The highest BCUT2D eigenvalue weighted by molar-refractivity contribution is 7.89. The summed E-state index contributed by atoms with van der Waals surface area (Å²) in [7, 11) is -6.17. The van der Waals surface area contributed by atoms with Crippen LogP contribution in [0.1, 0.15) is 5.56 Å². The van der Waals surface area contributed by atoms with Crippen molar-refractivity contribution in [1.29, 1.82) is 0 Å². The van der Waals surface area contributed by atoms with Crippen molar-refractivity contribution >= 4 is 20.0 Å². The normalized spacial score (nSPS) is 12.3. The highest BCUT2D eigenvalue weighted by atomic mass is 32.2. The fourth-order valence-electron chi connectivity index (χ4n) is 2.03. The second-order valence-electron chi connectivity index (χ2n) is 5.50. The molecule has 2 N–H and O–H groups in total. The highest BCUT2D eigenvalue weighted by Gasteiger charge is 2.21. The summed E-state index contributed by atoms with van der Waals surface area (Å²) in [6, 6.07) is 12.2. The van der Waals surface area contributed by atoms with Crippen LogP contribution in [-0.2, 0) is 20.0 Å². The molecule has 2 aromatic rings. The predicted octanol–water partition coefficient (Wildman–Crippen LogP) is 1.34. The van der Waals surface area contributed by atoms with Crippen LogP contribution in [0.4, 0.5) is 0 Å². The summed E-state index contributed by atoms with van der Waals surface area (Å²) in [5.74, 6) is 0.661. The molecular formula is C16H20N2O5S2. The van der Waals surface area contributed by atoms with Gasteiger partial charge in [0, 0.05) is 13.6 Å². The maximum atomic E-state index is 12.5. The number of rotatable bonds is 7. The molecule has 0 amide bonds.